The number of hydrogen-bond acceptors (Lipinski definition) is 6. The molecule has 0 aromatic heterocycles. The van der Waals surface area contributed by atoms with Crippen LogP contribution in [0.25, 0.3) is 0 Å². The molecule has 2 fully saturated rings. The van der Waals surface area contributed by atoms with E-state index in [0.717, 1.165) is 31.6 Å². The van der Waals surface area contributed by atoms with Crippen LogP contribution >= 0.6 is 0 Å². The van der Waals surface area contributed by atoms with Crippen LogP contribution in [-0.2, 0) is 9.84 Å². The van der Waals surface area contributed by atoms with Crippen molar-refractivity contribution in [2.45, 2.75) is 36.6 Å². The molecular formula is C16H23N3O4S. The van der Waals surface area contributed by atoms with Crippen molar-refractivity contribution in [3.8, 4) is 0 Å². The van der Waals surface area contributed by atoms with Gasteiger partial charge >= 0.3 is 5.69 Å². The van der Waals surface area contributed by atoms with Gasteiger partial charge in [-0.3, -0.25) is 10.1 Å². The van der Waals surface area contributed by atoms with E-state index in [4.69, 9.17) is 0 Å². The molecule has 0 amide bonds. The average Bonchev–Trinajstić information content (AvgIpc) is 3.36. The highest BCUT2D eigenvalue weighted by Gasteiger charge is 2.31. The summed E-state index contributed by atoms with van der Waals surface area (Å²) >= 11 is 0. The fraction of sp³-hybridized carbons (Fsp3) is 0.625. The zero-order valence-electron chi connectivity index (χ0n) is 13.8. The summed E-state index contributed by atoms with van der Waals surface area (Å²) in [6, 6.07) is 4.97. The van der Waals surface area contributed by atoms with Crippen LogP contribution in [0.1, 0.15) is 25.7 Å². The summed E-state index contributed by atoms with van der Waals surface area (Å²) in [5, 5.41) is 15.1. The highest BCUT2D eigenvalue weighted by atomic mass is 32.2. The first-order valence-electron chi connectivity index (χ1n) is 8.32. The number of rotatable bonds is 6. The normalized spacial score (nSPS) is 19.5. The number of para-hydroxylation sites is 1. The molecule has 0 radical (unpaired) electrons. The molecule has 1 aliphatic carbocycles. The van der Waals surface area contributed by atoms with Crippen molar-refractivity contribution in [3.63, 3.8) is 0 Å². The molecular weight excluding hydrogens is 330 g/mol. The minimum atomic E-state index is -3.64. The summed E-state index contributed by atoms with van der Waals surface area (Å²) in [7, 11) is -3.64. The summed E-state index contributed by atoms with van der Waals surface area (Å²) in [4.78, 5) is 12.6. The zero-order chi connectivity index (χ0) is 17.3. The summed E-state index contributed by atoms with van der Waals surface area (Å²) in [6.07, 6.45) is 5.46. The van der Waals surface area contributed by atoms with Crippen molar-refractivity contribution in [2.75, 3.05) is 30.8 Å². The second kappa shape index (κ2) is 6.68. The summed E-state index contributed by atoms with van der Waals surface area (Å²) in [5.74, 6) is 0.829. The lowest BCUT2D eigenvalue weighted by atomic mass is 10.0. The first kappa shape index (κ1) is 17.2. The Morgan fingerprint density at radius 3 is 2.46 bits per heavy atom. The number of piperidine rings is 1. The second-order valence-electron chi connectivity index (χ2n) is 6.77. The largest absolute Gasteiger partial charge is 0.366 e. The predicted molar refractivity (Wildman–Crippen MR) is 92.2 cm³/mol. The Balaban J connectivity index is 1.76. The van der Waals surface area contributed by atoms with Gasteiger partial charge in [-0.15, -0.1) is 0 Å². The molecule has 1 saturated carbocycles. The lowest BCUT2D eigenvalue weighted by Crippen LogP contribution is -2.43. The fourth-order valence-electron chi connectivity index (χ4n) is 3.23. The summed E-state index contributed by atoms with van der Waals surface area (Å²) in [5.41, 5.74) is 0.105. The highest BCUT2D eigenvalue weighted by Crippen LogP contribution is 2.36. The SMILES string of the molecule is CS(=O)(=O)c1cccc(N2CCC(NCC3CC3)CC2)c1[N+](=O)[O-]. The number of nitrogens with zero attached hydrogens (tertiary/aromatic N) is 2. The number of nitro benzene ring substituents is 1. The third-order valence-corrected chi connectivity index (χ3v) is 5.92. The molecule has 1 aromatic rings. The van der Waals surface area contributed by atoms with E-state index < -0.39 is 14.8 Å². The van der Waals surface area contributed by atoms with E-state index in [1.807, 2.05) is 4.90 Å². The van der Waals surface area contributed by atoms with Crippen LogP contribution in [0.2, 0.25) is 0 Å². The molecule has 1 aromatic carbocycles. The van der Waals surface area contributed by atoms with Crippen molar-refractivity contribution < 1.29 is 13.3 Å². The molecule has 2 aliphatic rings. The van der Waals surface area contributed by atoms with Gasteiger partial charge in [0.2, 0.25) is 0 Å². The monoisotopic (exact) mass is 353 g/mol. The van der Waals surface area contributed by atoms with Gasteiger partial charge in [-0.1, -0.05) is 6.07 Å². The third kappa shape index (κ3) is 3.87. The molecule has 0 atom stereocenters. The standard InChI is InChI=1S/C16H23N3O4S/c1-24(22,23)15-4-2-3-14(16(15)19(20)21)18-9-7-13(8-10-18)17-11-12-5-6-12/h2-4,12-13,17H,5-11H2,1H3. The lowest BCUT2D eigenvalue weighted by molar-refractivity contribution is -0.387. The molecule has 0 spiro atoms. The van der Waals surface area contributed by atoms with Gasteiger partial charge in [-0.25, -0.2) is 8.42 Å². The molecule has 1 aliphatic heterocycles. The topological polar surface area (TPSA) is 92.6 Å². The number of benzene rings is 1. The summed E-state index contributed by atoms with van der Waals surface area (Å²) < 4.78 is 23.7. The van der Waals surface area contributed by atoms with Crippen LogP contribution in [-0.4, -0.2) is 45.3 Å². The van der Waals surface area contributed by atoms with Crippen LogP contribution < -0.4 is 10.2 Å². The maximum atomic E-state index is 11.9. The van der Waals surface area contributed by atoms with Crippen molar-refractivity contribution in [3.05, 3.63) is 28.3 Å². The quantitative estimate of drug-likeness (QED) is 0.621. The molecule has 24 heavy (non-hydrogen) atoms. The Labute approximate surface area is 142 Å². The van der Waals surface area contributed by atoms with Gasteiger partial charge in [0.05, 0.1) is 4.92 Å². The Kier molecular flexibility index (Phi) is 4.78. The van der Waals surface area contributed by atoms with Crippen LogP contribution in [0.5, 0.6) is 0 Å². The van der Waals surface area contributed by atoms with Gasteiger partial charge in [0, 0.05) is 25.4 Å². The lowest BCUT2D eigenvalue weighted by Gasteiger charge is -2.34. The number of nitro groups is 1. The van der Waals surface area contributed by atoms with Gasteiger partial charge in [0.15, 0.2) is 9.84 Å². The molecule has 1 N–H and O–H groups in total. The van der Waals surface area contributed by atoms with E-state index in [2.05, 4.69) is 5.32 Å². The molecule has 0 bridgehead atoms. The van der Waals surface area contributed by atoms with Gasteiger partial charge < -0.3 is 10.2 Å². The molecule has 132 valence electrons. The van der Waals surface area contributed by atoms with Gasteiger partial charge in [0.25, 0.3) is 0 Å². The number of hydrogen-bond donors (Lipinski definition) is 1. The molecule has 7 nitrogen and oxygen atoms in total. The molecule has 0 unspecified atom stereocenters. The van der Waals surface area contributed by atoms with Gasteiger partial charge in [-0.05, 0) is 50.3 Å². The number of anilines is 1. The first-order valence-corrected chi connectivity index (χ1v) is 10.2. The van der Waals surface area contributed by atoms with E-state index in [0.29, 0.717) is 24.8 Å². The van der Waals surface area contributed by atoms with E-state index in [9.17, 15) is 18.5 Å². The van der Waals surface area contributed by atoms with E-state index in [1.54, 1.807) is 12.1 Å². The zero-order valence-corrected chi connectivity index (χ0v) is 14.6. The van der Waals surface area contributed by atoms with Crippen LogP contribution in [0.3, 0.4) is 0 Å². The van der Waals surface area contributed by atoms with Crippen LogP contribution in [0.4, 0.5) is 11.4 Å². The van der Waals surface area contributed by atoms with Crippen molar-refractivity contribution in [1.82, 2.24) is 5.32 Å². The molecule has 3 rings (SSSR count). The Bertz CT molecular complexity index is 723. The minimum Gasteiger partial charge on any atom is -0.366 e. The molecule has 1 heterocycles. The van der Waals surface area contributed by atoms with E-state index in [-0.39, 0.29) is 10.6 Å². The predicted octanol–water partition coefficient (Wildman–Crippen LogP) is 1.97. The smallest absolute Gasteiger partial charge is 0.311 e. The van der Waals surface area contributed by atoms with Crippen molar-refractivity contribution >= 4 is 21.2 Å². The second-order valence-corrected chi connectivity index (χ2v) is 8.75. The van der Waals surface area contributed by atoms with Crippen LogP contribution in [0.15, 0.2) is 23.1 Å². The number of sulfone groups is 1. The first-order chi connectivity index (χ1) is 11.4. The van der Waals surface area contributed by atoms with Crippen molar-refractivity contribution in [1.29, 1.82) is 0 Å². The molecule has 1 saturated heterocycles. The maximum absolute atomic E-state index is 11.9. The Hall–Kier alpha value is -1.67. The minimum absolute atomic E-state index is 0.209. The maximum Gasteiger partial charge on any atom is 0.311 e. The third-order valence-electron chi connectivity index (χ3n) is 4.79. The van der Waals surface area contributed by atoms with Crippen LogP contribution in [0, 0.1) is 16.0 Å². The van der Waals surface area contributed by atoms with Gasteiger partial charge in [0.1, 0.15) is 10.6 Å². The fourth-order valence-corrected chi connectivity index (χ4v) is 4.08. The van der Waals surface area contributed by atoms with Crippen molar-refractivity contribution in [2.24, 2.45) is 5.92 Å². The van der Waals surface area contributed by atoms with E-state index >= 15 is 0 Å². The Morgan fingerprint density at radius 1 is 1.25 bits per heavy atom. The molecule has 8 heteroatoms. The van der Waals surface area contributed by atoms with Gasteiger partial charge in [-0.2, -0.15) is 0 Å². The van der Waals surface area contributed by atoms with E-state index in [1.165, 1.54) is 18.9 Å². The average molecular weight is 353 g/mol. The summed E-state index contributed by atoms with van der Waals surface area (Å²) in [6.45, 7) is 2.45. The Morgan fingerprint density at radius 2 is 1.92 bits per heavy atom. The highest BCUT2D eigenvalue weighted by molar-refractivity contribution is 7.90. The number of nitrogens with one attached hydrogen (secondary N) is 1.